The van der Waals surface area contributed by atoms with Gasteiger partial charge in [0.25, 0.3) is 0 Å². The van der Waals surface area contributed by atoms with Crippen molar-refractivity contribution in [1.82, 2.24) is 0 Å². The number of hydrogen-bond donors (Lipinski definition) is 2. The molecule has 162 valence electrons. The molecular formula is C26H32Cl2O2. The number of aliphatic hydroxyl groups is 2. The zero-order valence-electron chi connectivity index (χ0n) is 17.9. The summed E-state index contributed by atoms with van der Waals surface area (Å²) < 4.78 is 0. The van der Waals surface area contributed by atoms with Gasteiger partial charge in [-0.15, -0.1) is 0 Å². The molecule has 0 heterocycles. The second-order valence-electron chi connectivity index (χ2n) is 10.7. The first-order chi connectivity index (χ1) is 14.2. The van der Waals surface area contributed by atoms with Crippen molar-refractivity contribution in [1.29, 1.82) is 0 Å². The molecule has 2 N–H and O–H groups in total. The summed E-state index contributed by atoms with van der Waals surface area (Å²) in [5.41, 5.74) is 3.70. The Hall–Kier alpha value is -0.800. The van der Waals surface area contributed by atoms with Crippen LogP contribution in [0.4, 0.5) is 0 Å². The zero-order valence-corrected chi connectivity index (χ0v) is 19.4. The molecule has 0 aliphatic heterocycles. The highest BCUT2D eigenvalue weighted by Crippen LogP contribution is 2.65. The molecule has 2 nitrogen and oxygen atoms in total. The molecule has 0 amide bonds. The van der Waals surface area contributed by atoms with Crippen LogP contribution in [0.1, 0.15) is 64.4 Å². The fourth-order valence-electron chi connectivity index (χ4n) is 7.46. The van der Waals surface area contributed by atoms with E-state index >= 15 is 0 Å². The van der Waals surface area contributed by atoms with E-state index in [0.29, 0.717) is 27.8 Å². The predicted octanol–water partition coefficient (Wildman–Crippen LogP) is 6.67. The Morgan fingerprint density at radius 3 is 2.60 bits per heavy atom. The summed E-state index contributed by atoms with van der Waals surface area (Å²) in [6.07, 6.45) is 11.1. The topological polar surface area (TPSA) is 40.5 Å². The Kier molecular flexibility index (Phi) is 5.18. The SMILES string of the molecule is C[C@]12CC[C@H]3[C@@H](CC=C4C[C@@H](O)CC[C@@]43C)[C@@H]1C/C(=C\c1ccc(Cl)cc1Cl)[C@H]2O. The van der Waals surface area contributed by atoms with Gasteiger partial charge in [-0.05, 0) is 91.4 Å². The van der Waals surface area contributed by atoms with E-state index in [2.05, 4.69) is 26.0 Å². The van der Waals surface area contributed by atoms with E-state index in [-0.39, 0.29) is 16.9 Å². The van der Waals surface area contributed by atoms with Gasteiger partial charge in [-0.25, -0.2) is 0 Å². The summed E-state index contributed by atoms with van der Waals surface area (Å²) in [4.78, 5) is 0. The Balaban J connectivity index is 1.48. The van der Waals surface area contributed by atoms with Crippen molar-refractivity contribution in [3.8, 4) is 0 Å². The Morgan fingerprint density at radius 1 is 1.03 bits per heavy atom. The van der Waals surface area contributed by atoms with Crippen LogP contribution < -0.4 is 0 Å². The number of allylic oxidation sites excluding steroid dienone is 1. The number of benzene rings is 1. The van der Waals surface area contributed by atoms with Crippen molar-refractivity contribution < 1.29 is 10.2 Å². The van der Waals surface area contributed by atoms with Crippen LogP contribution in [0.25, 0.3) is 6.08 Å². The fourth-order valence-corrected chi connectivity index (χ4v) is 7.92. The van der Waals surface area contributed by atoms with Crippen LogP contribution in [-0.2, 0) is 0 Å². The normalized spacial score (nSPS) is 44.3. The van der Waals surface area contributed by atoms with Gasteiger partial charge >= 0.3 is 0 Å². The minimum Gasteiger partial charge on any atom is -0.393 e. The highest BCUT2D eigenvalue weighted by Gasteiger charge is 2.59. The summed E-state index contributed by atoms with van der Waals surface area (Å²) in [5.74, 6) is 1.76. The summed E-state index contributed by atoms with van der Waals surface area (Å²) in [6, 6.07) is 5.58. The van der Waals surface area contributed by atoms with Gasteiger partial charge in [0.1, 0.15) is 0 Å². The maximum atomic E-state index is 11.4. The van der Waals surface area contributed by atoms with E-state index in [1.54, 1.807) is 6.07 Å². The highest BCUT2D eigenvalue weighted by molar-refractivity contribution is 6.35. The third-order valence-corrected chi connectivity index (χ3v) is 9.81. The minimum absolute atomic E-state index is 0.0677. The molecule has 4 heteroatoms. The van der Waals surface area contributed by atoms with Crippen molar-refractivity contribution in [2.45, 2.75) is 71.0 Å². The molecule has 0 bridgehead atoms. The summed E-state index contributed by atoms with van der Waals surface area (Å²) >= 11 is 12.5. The van der Waals surface area contributed by atoms with Crippen LogP contribution in [0.5, 0.6) is 0 Å². The number of hydrogen-bond acceptors (Lipinski definition) is 2. The maximum Gasteiger partial charge on any atom is 0.0809 e. The lowest BCUT2D eigenvalue weighted by Crippen LogP contribution is -2.51. The summed E-state index contributed by atoms with van der Waals surface area (Å²) in [6.45, 7) is 4.74. The van der Waals surface area contributed by atoms with Gasteiger partial charge in [-0.3, -0.25) is 0 Å². The van der Waals surface area contributed by atoms with E-state index in [4.69, 9.17) is 23.2 Å². The van der Waals surface area contributed by atoms with Crippen molar-refractivity contribution in [2.75, 3.05) is 0 Å². The van der Waals surface area contributed by atoms with E-state index in [0.717, 1.165) is 49.7 Å². The first-order valence-electron chi connectivity index (χ1n) is 11.4. The van der Waals surface area contributed by atoms with Gasteiger partial charge in [-0.2, -0.15) is 0 Å². The van der Waals surface area contributed by atoms with Gasteiger partial charge in [0.05, 0.1) is 12.2 Å². The molecule has 4 aliphatic carbocycles. The molecule has 7 atom stereocenters. The molecule has 0 radical (unpaired) electrons. The van der Waals surface area contributed by atoms with E-state index in [1.165, 1.54) is 12.0 Å². The maximum absolute atomic E-state index is 11.4. The molecule has 4 aliphatic rings. The lowest BCUT2D eigenvalue weighted by molar-refractivity contribution is -0.0685. The summed E-state index contributed by atoms with van der Waals surface area (Å²) in [5, 5.41) is 22.9. The standard InChI is InChI=1S/C26H32Cl2O2/c1-25-9-7-19(29)13-17(25)4-6-20-21(25)8-10-26(2)22(20)12-16(24(26)30)11-15-3-5-18(27)14-23(15)28/h3-5,11,14,19-22,24,29-30H,6-10,12-13H2,1-2H3/b16-11+/t19-,20+,21-,22-,24+,25-,26-/m0/s1. The second-order valence-corrected chi connectivity index (χ2v) is 11.5. The average molecular weight is 447 g/mol. The largest absolute Gasteiger partial charge is 0.393 e. The Bertz CT molecular complexity index is 922. The minimum atomic E-state index is -0.415. The lowest BCUT2D eigenvalue weighted by atomic mass is 9.48. The van der Waals surface area contributed by atoms with Crippen LogP contribution in [0, 0.1) is 28.6 Å². The van der Waals surface area contributed by atoms with Gasteiger partial charge in [0.15, 0.2) is 0 Å². The van der Waals surface area contributed by atoms with Gasteiger partial charge < -0.3 is 10.2 Å². The van der Waals surface area contributed by atoms with Crippen molar-refractivity contribution >= 4 is 29.3 Å². The number of halogens is 2. The highest BCUT2D eigenvalue weighted by atomic mass is 35.5. The number of rotatable bonds is 1. The van der Waals surface area contributed by atoms with Crippen LogP contribution in [0.2, 0.25) is 10.0 Å². The average Bonchev–Trinajstić information content (AvgIpc) is 2.95. The van der Waals surface area contributed by atoms with Crippen LogP contribution in [0.15, 0.2) is 35.4 Å². The van der Waals surface area contributed by atoms with Crippen molar-refractivity contribution in [2.24, 2.45) is 28.6 Å². The van der Waals surface area contributed by atoms with Gasteiger partial charge in [-0.1, -0.05) is 60.8 Å². The Morgan fingerprint density at radius 2 is 1.83 bits per heavy atom. The number of aliphatic hydroxyl groups excluding tert-OH is 2. The lowest BCUT2D eigenvalue weighted by Gasteiger charge is -2.57. The molecule has 3 saturated carbocycles. The van der Waals surface area contributed by atoms with Gasteiger partial charge in [0, 0.05) is 15.5 Å². The molecule has 0 spiro atoms. The predicted molar refractivity (Wildman–Crippen MR) is 124 cm³/mol. The first-order valence-corrected chi connectivity index (χ1v) is 12.2. The third kappa shape index (κ3) is 3.13. The van der Waals surface area contributed by atoms with Crippen molar-refractivity contribution in [3.63, 3.8) is 0 Å². The number of fused-ring (bicyclic) bond motifs is 5. The molecule has 3 fully saturated rings. The van der Waals surface area contributed by atoms with Crippen LogP contribution in [-0.4, -0.2) is 22.4 Å². The molecule has 0 unspecified atom stereocenters. The molecule has 0 saturated heterocycles. The Labute approximate surface area is 190 Å². The van der Waals surface area contributed by atoms with E-state index in [1.807, 2.05) is 12.1 Å². The van der Waals surface area contributed by atoms with Gasteiger partial charge in [0.2, 0.25) is 0 Å². The van der Waals surface area contributed by atoms with Crippen LogP contribution >= 0.6 is 23.2 Å². The first kappa shape index (κ1) is 21.1. The molecule has 0 aromatic heterocycles. The molecule has 1 aromatic rings. The molecule has 1 aromatic carbocycles. The van der Waals surface area contributed by atoms with Crippen LogP contribution in [0.3, 0.4) is 0 Å². The second kappa shape index (κ2) is 7.37. The molecule has 30 heavy (non-hydrogen) atoms. The van der Waals surface area contributed by atoms with E-state index in [9.17, 15) is 10.2 Å². The zero-order chi connectivity index (χ0) is 21.3. The van der Waals surface area contributed by atoms with Crippen molar-refractivity contribution in [3.05, 3.63) is 51.0 Å². The molecule has 5 rings (SSSR count). The molecular weight excluding hydrogens is 415 g/mol. The van der Waals surface area contributed by atoms with E-state index < -0.39 is 6.10 Å². The quantitative estimate of drug-likeness (QED) is 0.472. The monoisotopic (exact) mass is 446 g/mol. The fraction of sp³-hybridized carbons (Fsp3) is 0.615. The smallest absolute Gasteiger partial charge is 0.0809 e. The third-order valence-electron chi connectivity index (χ3n) is 9.25. The summed E-state index contributed by atoms with van der Waals surface area (Å²) in [7, 11) is 0.